The van der Waals surface area contributed by atoms with Gasteiger partial charge in [0, 0.05) is 6.54 Å². The van der Waals surface area contributed by atoms with E-state index in [0.717, 1.165) is 0 Å². The Hall–Kier alpha value is 0.232. The summed E-state index contributed by atoms with van der Waals surface area (Å²) in [6, 6.07) is 0. The minimum Gasteiger partial charge on any atom is -1.00 e. The van der Waals surface area contributed by atoms with Crippen molar-refractivity contribution >= 4 is 17.4 Å². The summed E-state index contributed by atoms with van der Waals surface area (Å²) in [5, 5.41) is 0. The van der Waals surface area contributed by atoms with Crippen LogP contribution in [0.2, 0.25) is 0 Å². The van der Waals surface area contributed by atoms with E-state index in [1.165, 1.54) is 0 Å². The first kappa shape index (κ1) is 8.97. The van der Waals surface area contributed by atoms with Crippen LogP contribution >= 0.6 is 0 Å². The van der Waals surface area contributed by atoms with Gasteiger partial charge in [-0.25, -0.2) is 0 Å². The van der Waals surface area contributed by atoms with Gasteiger partial charge in [-0.1, -0.05) is 6.08 Å². The van der Waals surface area contributed by atoms with Crippen LogP contribution in [0, 0.1) is 0 Å². The van der Waals surface area contributed by atoms with E-state index in [4.69, 9.17) is 5.73 Å². The maximum absolute atomic E-state index is 4.91. The van der Waals surface area contributed by atoms with Gasteiger partial charge in [0.1, 0.15) is 0 Å². The topological polar surface area (TPSA) is 26.0 Å². The molecule has 0 aromatic heterocycles. The zero-order valence-electron chi connectivity index (χ0n) is 6.15. The summed E-state index contributed by atoms with van der Waals surface area (Å²) in [6.07, 6.45) is 1.65. The van der Waals surface area contributed by atoms with Gasteiger partial charge in [-0.3, -0.25) is 0 Å². The van der Waals surface area contributed by atoms with Crippen molar-refractivity contribution in [3.63, 3.8) is 0 Å². The van der Waals surface area contributed by atoms with E-state index in [-0.39, 0.29) is 21.6 Å². The van der Waals surface area contributed by atoms with Crippen molar-refractivity contribution in [2.24, 2.45) is 5.73 Å². The summed E-state index contributed by atoms with van der Waals surface area (Å²) in [6.45, 7) is 3.94. The summed E-state index contributed by atoms with van der Waals surface area (Å²) < 4.78 is 0. The molecular formula is C3H10AlN. The molecule has 30 valence electrons. The second-order valence-electron chi connectivity index (χ2n) is 0.524. The molecule has 0 aliphatic rings. The maximum Gasteiger partial charge on any atom is 3.00 e. The van der Waals surface area contributed by atoms with Crippen molar-refractivity contribution in [3.8, 4) is 0 Å². The zero-order valence-corrected chi connectivity index (χ0v) is 4.30. The van der Waals surface area contributed by atoms with Crippen LogP contribution in [0.4, 0.5) is 0 Å². The molecule has 2 N–H and O–H groups in total. The number of nitrogens with two attached hydrogens (primary N) is 1. The number of rotatable bonds is 1. The maximum atomic E-state index is 4.91. The van der Waals surface area contributed by atoms with Crippen molar-refractivity contribution in [1.82, 2.24) is 0 Å². The molecule has 0 heterocycles. The molecule has 0 aromatic carbocycles. The fourth-order valence-electron chi connectivity index (χ4n) is 0. The minimum atomic E-state index is 0. The Balaban J connectivity index is -0.00000000750. The van der Waals surface area contributed by atoms with E-state index in [0.29, 0.717) is 6.54 Å². The van der Waals surface area contributed by atoms with E-state index >= 15 is 0 Å². The molecule has 5 heavy (non-hydrogen) atoms. The van der Waals surface area contributed by atoms with Gasteiger partial charge >= 0.3 is 17.4 Å². The molecule has 0 unspecified atom stereocenters. The van der Waals surface area contributed by atoms with E-state index in [1.807, 2.05) is 0 Å². The van der Waals surface area contributed by atoms with Gasteiger partial charge < -0.3 is 10.0 Å². The molecule has 1 nitrogen and oxygen atoms in total. The van der Waals surface area contributed by atoms with Crippen molar-refractivity contribution in [3.05, 3.63) is 12.7 Å². The van der Waals surface area contributed by atoms with Crippen LogP contribution in [-0.2, 0) is 0 Å². The predicted molar refractivity (Wildman–Crippen MR) is 28.3 cm³/mol. The molecule has 0 aliphatic heterocycles. The van der Waals surface area contributed by atoms with Crippen LogP contribution in [-0.4, -0.2) is 23.9 Å². The summed E-state index contributed by atoms with van der Waals surface area (Å²) in [4.78, 5) is 0. The van der Waals surface area contributed by atoms with Crippen LogP contribution in [0.15, 0.2) is 12.7 Å². The second-order valence-corrected chi connectivity index (χ2v) is 0.524. The third-order valence-electron chi connectivity index (χ3n) is 0.167. The van der Waals surface area contributed by atoms with Crippen LogP contribution in [0.5, 0.6) is 0 Å². The molecule has 0 rings (SSSR count). The van der Waals surface area contributed by atoms with Gasteiger partial charge in [-0.2, -0.15) is 0 Å². The fraction of sp³-hybridized carbons (Fsp3) is 0.333. The van der Waals surface area contributed by atoms with E-state index in [2.05, 4.69) is 6.58 Å². The van der Waals surface area contributed by atoms with Crippen LogP contribution < -0.4 is 5.73 Å². The average molecular weight is 87.1 g/mol. The Morgan fingerprint density at radius 1 is 2.00 bits per heavy atom. The van der Waals surface area contributed by atoms with Gasteiger partial charge in [-0.05, 0) is 0 Å². The Labute approximate surface area is 47.4 Å². The van der Waals surface area contributed by atoms with Crippen LogP contribution in [0.1, 0.15) is 4.28 Å². The van der Waals surface area contributed by atoms with Gasteiger partial charge in [0.25, 0.3) is 0 Å². The van der Waals surface area contributed by atoms with Crippen LogP contribution in [0.3, 0.4) is 0 Å². The third kappa shape index (κ3) is 13.9. The second kappa shape index (κ2) is 8.87. The number of hydrogen-bond acceptors (Lipinski definition) is 1. The average Bonchev–Trinajstić information content (AvgIpc) is 1.37. The molecular weight excluding hydrogens is 77.0 g/mol. The predicted octanol–water partition coefficient (Wildman–Crippen LogP) is 0.0878. The number of hydrogen-bond donors (Lipinski definition) is 1. The Kier molecular flexibility index (Phi) is 15.9. The summed E-state index contributed by atoms with van der Waals surface area (Å²) >= 11 is 0. The first-order valence-corrected chi connectivity index (χ1v) is 1.22. The smallest absolute Gasteiger partial charge is 1.00 e. The normalized spacial score (nSPS) is 5.00. The first-order valence-electron chi connectivity index (χ1n) is 1.22. The molecule has 0 fully saturated rings. The van der Waals surface area contributed by atoms with Gasteiger partial charge in [-0.15, -0.1) is 6.58 Å². The van der Waals surface area contributed by atoms with E-state index in [9.17, 15) is 0 Å². The molecule has 0 spiro atoms. The Bertz CT molecular complexity index is 28.5. The zero-order chi connectivity index (χ0) is 3.41. The largest absolute Gasteiger partial charge is 3.00 e. The van der Waals surface area contributed by atoms with Gasteiger partial charge in [0.15, 0.2) is 0 Å². The fourth-order valence-corrected chi connectivity index (χ4v) is 0. The quantitative estimate of drug-likeness (QED) is 0.356. The molecule has 0 saturated heterocycles. The van der Waals surface area contributed by atoms with Crippen LogP contribution in [0.25, 0.3) is 0 Å². The first-order chi connectivity index (χ1) is 1.91. The van der Waals surface area contributed by atoms with Crippen molar-refractivity contribution < 1.29 is 4.28 Å². The SMILES string of the molecule is C=CCN.[Al+3].[H-].[H-].[H-]. The molecule has 0 amide bonds. The monoisotopic (exact) mass is 87.1 g/mol. The summed E-state index contributed by atoms with van der Waals surface area (Å²) in [5.41, 5.74) is 4.91. The molecule has 2 heteroatoms. The van der Waals surface area contributed by atoms with E-state index < -0.39 is 0 Å². The Morgan fingerprint density at radius 3 is 2.20 bits per heavy atom. The third-order valence-corrected chi connectivity index (χ3v) is 0.167. The molecule has 0 bridgehead atoms. The molecule has 0 saturated carbocycles. The summed E-state index contributed by atoms with van der Waals surface area (Å²) in [7, 11) is 0. The molecule has 0 atom stereocenters. The standard InChI is InChI=1S/C3H7N.Al.3H/c1-2-3-4;;;;/h2H,1,3-4H2;;;;/q;+3;3*-1. The minimum absolute atomic E-state index is 0. The van der Waals surface area contributed by atoms with Gasteiger partial charge in [0.05, 0.1) is 0 Å². The van der Waals surface area contributed by atoms with Crippen molar-refractivity contribution in [1.29, 1.82) is 0 Å². The van der Waals surface area contributed by atoms with Gasteiger partial charge in [0.2, 0.25) is 0 Å². The molecule has 0 aromatic rings. The summed E-state index contributed by atoms with van der Waals surface area (Å²) in [5.74, 6) is 0. The Morgan fingerprint density at radius 2 is 2.20 bits per heavy atom. The van der Waals surface area contributed by atoms with Crippen molar-refractivity contribution in [2.45, 2.75) is 0 Å². The van der Waals surface area contributed by atoms with Crippen molar-refractivity contribution in [2.75, 3.05) is 6.54 Å². The molecule has 0 radical (unpaired) electrons. The van der Waals surface area contributed by atoms with E-state index in [1.54, 1.807) is 6.08 Å². The molecule has 0 aliphatic carbocycles.